The Kier molecular flexibility index (Phi) is 7.20. The molecule has 1 aliphatic carbocycles. The van der Waals surface area contributed by atoms with Crippen molar-refractivity contribution in [2.45, 2.75) is 77.6 Å². The molecule has 0 N–H and O–H groups in total. The van der Waals surface area contributed by atoms with Crippen molar-refractivity contribution in [3.63, 3.8) is 0 Å². The van der Waals surface area contributed by atoms with Crippen molar-refractivity contribution in [3.8, 4) is 0 Å². The Morgan fingerprint density at radius 1 is 1.00 bits per heavy atom. The summed E-state index contributed by atoms with van der Waals surface area (Å²) in [5.41, 5.74) is 1.12. The molecule has 0 unspecified atom stereocenters. The molecule has 1 saturated carbocycles. The van der Waals surface area contributed by atoms with Gasteiger partial charge < -0.3 is 0 Å². The second-order valence-electron chi connectivity index (χ2n) is 4.92. The lowest BCUT2D eigenvalue weighted by molar-refractivity contribution is -0.114. The Morgan fingerprint density at radius 2 is 1.69 bits per heavy atom. The van der Waals surface area contributed by atoms with Gasteiger partial charge in [0.1, 0.15) is 0 Å². The summed E-state index contributed by atoms with van der Waals surface area (Å²) in [4.78, 5) is 11.3. The Morgan fingerprint density at radius 3 is 2.31 bits per heavy atom. The van der Waals surface area contributed by atoms with E-state index in [0.29, 0.717) is 5.78 Å². The monoisotopic (exact) mass is 222 g/mol. The molecule has 0 aromatic rings. The van der Waals surface area contributed by atoms with E-state index in [9.17, 15) is 4.79 Å². The maximum Gasteiger partial charge on any atom is 0.158 e. The molecule has 0 saturated heterocycles. The third-order valence-electron chi connectivity index (χ3n) is 3.41. The first-order valence-corrected chi connectivity index (χ1v) is 7.07. The molecule has 0 atom stereocenters. The average molecular weight is 222 g/mol. The highest BCUT2D eigenvalue weighted by Crippen LogP contribution is 2.21. The molecule has 1 rings (SSSR count). The summed E-state index contributed by atoms with van der Waals surface area (Å²) in [5.74, 6) is 0.406. The predicted octanol–water partition coefficient (Wildman–Crippen LogP) is 4.81. The zero-order chi connectivity index (χ0) is 11.6. The van der Waals surface area contributed by atoms with E-state index in [1.54, 1.807) is 0 Å². The zero-order valence-electron chi connectivity index (χ0n) is 10.8. The van der Waals surface area contributed by atoms with Gasteiger partial charge in [-0.3, -0.25) is 4.79 Å². The maximum absolute atomic E-state index is 11.3. The van der Waals surface area contributed by atoms with Crippen LogP contribution >= 0.6 is 0 Å². The smallest absolute Gasteiger partial charge is 0.158 e. The Bertz CT molecular complexity index is 228. The largest absolute Gasteiger partial charge is 0.295 e. The van der Waals surface area contributed by atoms with Gasteiger partial charge in [0.25, 0.3) is 0 Å². The van der Waals surface area contributed by atoms with Gasteiger partial charge in [-0.1, -0.05) is 51.5 Å². The van der Waals surface area contributed by atoms with Crippen LogP contribution in [0.4, 0.5) is 0 Å². The molecule has 0 bridgehead atoms. The number of Topliss-reactive ketones (excluding diaryl/α,β-unsaturated/α-hetero) is 1. The molecule has 1 nitrogen and oxygen atoms in total. The number of hydrogen-bond donors (Lipinski definition) is 0. The van der Waals surface area contributed by atoms with Gasteiger partial charge in [0, 0.05) is 6.42 Å². The van der Waals surface area contributed by atoms with Crippen LogP contribution in [-0.4, -0.2) is 5.78 Å². The Labute approximate surface area is 100 Å². The van der Waals surface area contributed by atoms with Crippen LogP contribution in [0, 0.1) is 0 Å². The summed E-state index contributed by atoms with van der Waals surface area (Å²) in [6, 6.07) is 0. The third kappa shape index (κ3) is 5.48. The maximum atomic E-state index is 11.3. The van der Waals surface area contributed by atoms with Gasteiger partial charge in [0.2, 0.25) is 0 Å². The fourth-order valence-electron chi connectivity index (χ4n) is 2.33. The standard InChI is InChI=1S/C15H26O/c1-2-3-4-5-6-7-8-9-11-14-12-10-13-15(14)16/h11H,2-10,12-13H2,1H3. The van der Waals surface area contributed by atoms with Crippen LogP contribution in [0.5, 0.6) is 0 Å². The molecule has 16 heavy (non-hydrogen) atoms. The molecule has 0 aromatic heterocycles. The lowest BCUT2D eigenvalue weighted by atomic mass is 10.1. The van der Waals surface area contributed by atoms with Crippen molar-refractivity contribution in [2.75, 3.05) is 0 Å². The van der Waals surface area contributed by atoms with E-state index in [1.807, 2.05) is 0 Å². The first kappa shape index (κ1) is 13.5. The molecule has 0 amide bonds. The van der Waals surface area contributed by atoms with Crippen LogP contribution < -0.4 is 0 Å². The number of rotatable bonds is 8. The van der Waals surface area contributed by atoms with Crippen molar-refractivity contribution >= 4 is 5.78 Å². The third-order valence-corrected chi connectivity index (χ3v) is 3.41. The van der Waals surface area contributed by atoms with Crippen LogP contribution in [0.15, 0.2) is 11.6 Å². The summed E-state index contributed by atoms with van der Waals surface area (Å²) >= 11 is 0. The predicted molar refractivity (Wildman–Crippen MR) is 69.6 cm³/mol. The lowest BCUT2D eigenvalue weighted by Crippen LogP contribution is -1.90. The van der Waals surface area contributed by atoms with Crippen molar-refractivity contribution in [3.05, 3.63) is 11.6 Å². The molecule has 0 aliphatic heterocycles. The molecule has 0 spiro atoms. The van der Waals surface area contributed by atoms with Crippen molar-refractivity contribution in [1.29, 1.82) is 0 Å². The zero-order valence-corrected chi connectivity index (χ0v) is 10.8. The first-order valence-electron chi connectivity index (χ1n) is 7.07. The highest BCUT2D eigenvalue weighted by atomic mass is 16.1. The highest BCUT2D eigenvalue weighted by molar-refractivity contribution is 5.97. The van der Waals surface area contributed by atoms with Gasteiger partial charge in [-0.05, 0) is 31.3 Å². The van der Waals surface area contributed by atoms with Crippen molar-refractivity contribution in [2.24, 2.45) is 0 Å². The first-order chi connectivity index (χ1) is 7.84. The second-order valence-corrected chi connectivity index (χ2v) is 4.92. The van der Waals surface area contributed by atoms with E-state index < -0.39 is 0 Å². The van der Waals surface area contributed by atoms with Crippen LogP contribution in [0.1, 0.15) is 77.6 Å². The molecule has 1 fully saturated rings. The van der Waals surface area contributed by atoms with Crippen molar-refractivity contribution < 1.29 is 4.79 Å². The quantitative estimate of drug-likeness (QED) is 0.425. The number of allylic oxidation sites excluding steroid dienone is 2. The minimum atomic E-state index is 0.406. The van der Waals surface area contributed by atoms with E-state index in [2.05, 4.69) is 13.0 Å². The molecular formula is C15H26O. The van der Waals surface area contributed by atoms with Gasteiger partial charge in [-0.2, -0.15) is 0 Å². The molecule has 0 radical (unpaired) electrons. The van der Waals surface area contributed by atoms with Crippen molar-refractivity contribution in [1.82, 2.24) is 0 Å². The fraction of sp³-hybridized carbons (Fsp3) is 0.800. The normalized spacial score (nSPS) is 18.6. The fourth-order valence-corrected chi connectivity index (χ4v) is 2.33. The van der Waals surface area contributed by atoms with Crippen LogP contribution in [0.25, 0.3) is 0 Å². The highest BCUT2D eigenvalue weighted by Gasteiger charge is 2.15. The lowest BCUT2D eigenvalue weighted by Gasteiger charge is -1.99. The molecular weight excluding hydrogens is 196 g/mol. The minimum Gasteiger partial charge on any atom is -0.295 e. The van der Waals surface area contributed by atoms with Gasteiger partial charge in [-0.25, -0.2) is 0 Å². The van der Waals surface area contributed by atoms with E-state index in [-0.39, 0.29) is 0 Å². The van der Waals surface area contributed by atoms with E-state index >= 15 is 0 Å². The van der Waals surface area contributed by atoms with Gasteiger partial charge in [0.15, 0.2) is 5.78 Å². The SMILES string of the molecule is CCCCCCCCCC=C1CCCC1=O. The number of ketones is 1. The summed E-state index contributed by atoms with van der Waals surface area (Å²) in [7, 11) is 0. The molecule has 1 heteroatoms. The number of hydrogen-bond acceptors (Lipinski definition) is 1. The summed E-state index contributed by atoms with van der Waals surface area (Å²) in [6.45, 7) is 2.25. The topological polar surface area (TPSA) is 17.1 Å². The number of carbonyl (C=O) groups excluding carboxylic acids is 1. The van der Waals surface area contributed by atoms with Crippen LogP contribution in [0.2, 0.25) is 0 Å². The molecule has 0 heterocycles. The van der Waals surface area contributed by atoms with Gasteiger partial charge >= 0.3 is 0 Å². The number of unbranched alkanes of at least 4 members (excludes halogenated alkanes) is 7. The molecule has 92 valence electrons. The van der Waals surface area contributed by atoms with Gasteiger partial charge in [0.05, 0.1) is 0 Å². The van der Waals surface area contributed by atoms with E-state index in [1.165, 1.54) is 44.9 Å². The number of carbonyl (C=O) groups is 1. The van der Waals surface area contributed by atoms with Crippen LogP contribution in [0.3, 0.4) is 0 Å². The van der Waals surface area contributed by atoms with E-state index in [4.69, 9.17) is 0 Å². The summed E-state index contributed by atoms with van der Waals surface area (Å²) in [5, 5.41) is 0. The molecule has 0 aromatic carbocycles. The van der Waals surface area contributed by atoms with Crippen LogP contribution in [-0.2, 0) is 4.79 Å². The summed E-state index contributed by atoms with van der Waals surface area (Å²) in [6.07, 6.45) is 15.7. The van der Waals surface area contributed by atoms with Gasteiger partial charge in [-0.15, -0.1) is 0 Å². The van der Waals surface area contributed by atoms with E-state index in [0.717, 1.165) is 31.3 Å². The Hall–Kier alpha value is -0.590. The second kappa shape index (κ2) is 8.55. The molecule has 1 aliphatic rings. The average Bonchev–Trinajstić information content (AvgIpc) is 2.68. The Balaban J connectivity index is 1.93. The summed E-state index contributed by atoms with van der Waals surface area (Å²) < 4.78 is 0. The minimum absolute atomic E-state index is 0.406.